The van der Waals surface area contributed by atoms with Crippen molar-refractivity contribution in [3.63, 3.8) is 0 Å². The van der Waals surface area contributed by atoms with Gasteiger partial charge in [-0.05, 0) is 41.5 Å². The molecule has 0 N–H and O–H groups in total. The number of thiophene rings is 1. The lowest BCUT2D eigenvalue weighted by Gasteiger charge is -2.60. The zero-order valence-electron chi connectivity index (χ0n) is 19.1. The first kappa shape index (κ1) is 23.6. The lowest BCUT2D eigenvalue weighted by atomic mass is 9.43. The number of fused-ring (bicyclic) bond motifs is 3. The third-order valence-corrected chi connectivity index (χ3v) is 8.84. The summed E-state index contributed by atoms with van der Waals surface area (Å²) in [4.78, 5) is 64.9. The second-order valence-electron chi connectivity index (χ2n) is 9.82. The molecule has 0 unspecified atom stereocenters. The van der Waals surface area contributed by atoms with E-state index < -0.39 is 58.7 Å². The van der Waals surface area contributed by atoms with E-state index in [-0.39, 0.29) is 24.4 Å². The summed E-state index contributed by atoms with van der Waals surface area (Å²) in [6.45, 7) is 4.92. The monoisotopic (exact) mass is 476 g/mol. The standard InChI is InChI=1S/C24H28O8S/c1-12(25)31-15-10-14(21(28)30-4)23(2)8-7-13-22(29)32-16(18(26)17-6-5-9-33-17)11-24(13,3)20(23)19(15)27/h5-6,9,13-16,20H,7-8,10-11H2,1-4H3/t13-,14-,15-,16+,20-,23-,24-/m0/s1. The average molecular weight is 477 g/mol. The third kappa shape index (κ3) is 3.70. The molecular formula is C24H28O8S. The van der Waals surface area contributed by atoms with Crippen LogP contribution in [0.4, 0.5) is 0 Å². The minimum atomic E-state index is -1.11. The summed E-state index contributed by atoms with van der Waals surface area (Å²) in [5, 5.41) is 1.77. The maximum Gasteiger partial charge on any atom is 0.310 e. The highest BCUT2D eigenvalue weighted by molar-refractivity contribution is 7.12. The molecule has 1 aliphatic heterocycles. The van der Waals surface area contributed by atoms with Gasteiger partial charge in [0.1, 0.15) is 0 Å². The van der Waals surface area contributed by atoms with Gasteiger partial charge in [-0.2, -0.15) is 0 Å². The first-order valence-corrected chi connectivity index (χ1v) is 12.0. The molecule has 0 radical (unpaired) electrons. The Morgan fingerprint density at radius 1 is 1.18 bits per heavy atom. The molecule has 2 saturated carbocycles. The van der Waals surface area contributed by atoms with Gasteiger partial charge in [0.05, 0.1) is 23.8 Å². The van der Waals surface area contributed by atoms with Crippen molar-refractivity contribution in [2.45, 2.75) is 58.7 Å². The predicted molar refractivity (Wildman–Crippen MR) is 116 cm³/mol. The van der Waals surface area contributed by atoms with E-state index in [0.29, 0.717) is 17.7 Å². The van der Waals surface area contributed by atoms with Gasteiger partial charge in [0.15, 0.2) is 18.0 Å². The SMILES string of the molecule is COC(=O)[C@@H]1C[C@H](OC(C)=O)C(=O)[C@H]2[C@@]1(C)CC[C@H]1C(=O)O[C@@H](C(=O)c3cccs3)C[C@]21C. The third-order valence-electron chi connectivity index (χ3n) is 7.95. The van der Waals surface area contributed by atoms with Crippen molar-refractivity contribution < 1.29 is 38.2 Å². The van der Waals surface area contributed by atoms with E-state index >= 15 is 0 Å². The molecular weight excluding hydrogens is 448 g/mol. The van der Waals surface area contributed by atoms with Crippen LogP contribution in [0.5, 0.6) is 0 Å². The fraction of sp³-hybridized carbons (Fsp3) is 0.625. The summed E-state index contributed by atoms with van der Waals surface area (Å²) in [5.41, 5.74) is -1.75. The van der Waals surface area contributed by atoms with Crippen molar-refractivity contribution in [2.24, 2.45) is 28.6 Å². The Kier molecular flexibility index (Phi) is 5.97. The lowest BCUT2D eigenvalue weighted by molar-refractivity contribution is -0.206. The predicted octanol–water partition coefficient (Wildman–Crippen LogP) is 2.98. The summed E-state index contributed by atoms with van der Waals surface area (Å²) >= 11 is 1.26. The number of ketones is 2. The van der Waals surface area contributed by atoms with Crippen molar-refractivity contribution in [1.29, 1.82) is 0 Å². The van der Waals surface area contributed by atoms with E-state index in [1.54, 1.807) is 17.5 Å². The van der Waals surface area contributed by atoms with E-state index in [0.717, 1.165) is 0 Å². The van der Waals surface area contributed by atoms with Crippen molar-refractivity contribution in [1.82, 2.24) is 0 Å². The Hall–Kier alpha value is -2.55. The van der Waals surface area contributed by atoms with Gasteiger partial charge in [0, 0.05) is 19.3 Å². The molecule has 0 spiro atoms. The van der Waals surface area contributed by atoms with Crippen LogP contribution in [0, 0.1) is 28.6 Å². The minimum absolute atomic E-state index is 0.0425. The molecule has 33 heavy (non-hydrogen) atoms. The van der Waals surface area contributed by atoms with E-state index in [2.05, 4.69) is 0 Å². The van der Waals surface area contributed by atoms with Gasteiger partial charge < -0.3 is 14.2 Å². The summed E-state index contributed by atoms with van der Waals surface area (Å²) < 4.78 is 16.0. The zero-order valence-corrected chi connectivity index (χ0v) is 19.9. The molecule has 3 aliphatic rings. The second-order valence-corrected chi connectivity index (χ2v) is 10.8. The normalized spacial score (nSPS) is 37.9. The highest BCUT2D eigenvalue weighted by Gasteiger charge is 2.68. The maximum atomic E-state index is 13.8. The fourth-order valence-electron chi connectivity index (χ4n) is 6.54. The van der Waals surface area contributed by atoms with Crippen LogP contribution >= 0.6 is 11.3 Å². The van der Waals surface area contributed by atoms with Gasteiger partial charge in [-0.15, -0.1) is 11.3 Å². The van der Waals surface area contributed by atoms with Crippen LogP contribution in [0.3, 0.4) is 0 Å². The molecule has 2 aliphatic carbocycles. The largest absolute Gasteiger partial charge is 0.469 e. The molecule has 0 amide bonds. The number of ether oxygens (including phenoxy) is 3. The second kappa shape index (κ2) is 8.34. The molecule has 1 aromatic heterocycles. The van der Waals surface area contributed by atoms with Crippen LogP contribution in [-0.4, -0.2) is 48.8 Å². The molecule has 8 nitrogen and oxygen atoms in total. The number of hydrogen-bond donors (Lipinski definition) is 0. The number of methoxy groups -OCH3 is 1. The quantitative estimate of drug-likeness (QED) is 0.370. The van der Waals surface area contributed by atoms with Gasteiger partial charge in [-0.3, -0.25) is 24.0 Å². The van der Waals surface area contributed by atoms with Crippen LogP contribution in [-0.2, 0) is 33.4 Å². The Morgan fingerprint density at radius 3 is 2.52 bits per heavy atom. The van der Waals surface area contributed by atoms with Gasteiger partial charge >= 0.3 is 17.9 Å². The van der Waals surface area contributed by atoms with Crippen LogP contribution in [0.2, 0.25) is 0 Å². The first-order chi connectivity index (χ1) is 15.5. The van der Waals surface area contributed by atoms with Crippen LogP contribution < -0.4 is 0 Å². The number of carbonyl (C=O) groups is 5. The number of Topliss-reactive ketones (excluding diaryl/α,β-unsaturated/α-hetero) is 2. The lowest BCUT2D eigenvalue weighted by Crippen LogP contribution is -2.65. The maximum absolute atomic E-state index is 13.8. The van der Waals surface area contributed by atoms with Gasteiger partial charge in [-0.1, -0.05) is 19.9 Å². The molecule has 3 fully saturated rings. The summed E-state index contributed by atoms with van der Waals surface area (Å²) in [5.74, 6) is -4.26. The van der Waals surface area contributed by atoms with Crippen molar-refractivity contribution in [2.75, 3.05) is 7.11 Å². The van der Waals surface area contributed by atoms with E-state index in [4.69, 9.17) is 14.2 Å². The molecule has 1 aromatic rings. The first-order valence-electron chi connectivity index (χ1n) is 11.1. The van der Waals surface area contributed by atoms with Crippen molar-refractivity contribution in [3.8, 4) is 0 Å². The van der Waals surface area contributed by atoms with Crippen LogP contribution in [0.15, 0.2) is 17.5 Å². The molecule has 4 rings (SSSR count). The molecule has 2 heterocycles. The van der Waals surface area contributed by atoms with Crippen LogP contribution in [0.25, 0.3) is 0 Å². The van der Waals surface area contributed by atoms with E-state index in [1.807, 2.05) is 13.8 Å². The van der Waals surface area contributed by atoms with Crippen molar-refractivity contribution >= 4 is 40.8 Å². The van der Waals surface area contributed by atoms with Gasteiger partial charge in [0.2, 0.25) is 5.78 Å². The Morgan fingerprint density at radius 2 is 1.91 bits per heavy atom. The van der Waals surface area contributed by atoms with Crippen LogP contribution in [0.1, 0.15) is 56.1 Å². The zero-order chi connectivity index (χ0) is 24.1. The summed E-state index contributed by atoms with van der Waals surface area (Å²) in [6, 6.07) is 3.43. The molecule has 0 bridgehead atoms. The Bertz CT molecular complexity index is 1000. The van der Waals surface area contributed by atoms with Gasteiger partial charge in [0.25, 0.3) is 0 Å². The number of esters is 3. The minimum Gasteiger partial charge on any atom is -0.469 e. The number of rotatable bonds is 4. The highest BCUT2D eigenvalue weighted by atomic mass is 32.1. The number of carbonyl (C=O) groups excluding carboxylic acids is 5. The average Bonchev–Trinajstić information content (AvgIpc) is 3.28. The van der Waals surface area contributed by atoms with Crippen molar-refractivity contribution in [3.05, 3.63) is 22.4 Å². The molecule has 178 valence electrons. The summed E-state index contributed by atoms with van der Waals surface area (Å²) in [7, 11) is 1.29. The molecule has 9 heteroatoms. The number of cyclic esters (lactones) is 1. The molecule has 0 aromatic carbocycles. The topological polar surface area (TPSA) is 113 Å². The number of hydrogen-bond acceptors (Lipinski definition) is 9. The highest BCUT2D eigenvalue weighted by Crippen LogP contribution is 2.64. The Balaban J connectivity index is 1.77. The smallest absolute Gasteiger partial charge is 0.310 e. The fourth-order valence-corrected chi connectivity index (χ4v) is 7.25. The van der Waals surface area contributed by atoms with Gasteiger partial charge in [-0.25, -0.2) is 0 Å². The molecule has 1 saturated heterocycles. The molecule has 7 atom stereocenters. The van der Waals surface area contributed by atoms with E-state index in [1.165, 1.54) is 25.4 Å². The Labute approximate surface area is 196 Å². The van der Waals surface area contributed by atoms with E-state index in [9.17, 15) is 24.0 Å². The summed E-state index contributed by atoms with van der Waals surface area (Å²) in [6.07, 6.45) is -1.05.